The summed E-state index contributed by atoms with van der Waals surface area (Å²) in [4.78, 5) is 16.2. The molecule has 2 saturated carbocycles. The third kappa shape index (κ3) is 4.30. The molecular weight excluding hydrogens is 400 g/mol. The number of likely N-dealkylation sites (tertiary alicyclic amines) is 1. The standard InChI is InChI=1S/C23H34N2O4S/c1-28-19-13-20(29-2)21(30(3)27)12-18(19)23(26)24-17-10-11-25(14-17)22-15-6-4-7-16(22)9-5-8-15/h12-13,15-17,22H,4-11,14H2,1-3H3,(H,24,26)/t15?,16?,17-,22?,30?/m0/s1. The zero-order chi connectivity index (χ0) is 21.3. The number of amides is 1. The topological polar surface area (TPSA) is 73.9 Å². The summed E-state index contributed by atoms with van der Waals surface area (Å²) >= 11 is -1.26. The van der Waals surface area contributed by atoms with Gasteiger partial charge in [-0.15, -0.1) is 0 Å². The molecule has 0 radical (unpaired) electrons. The van der Waals surface area contributed by atoms with Crippen LogP contribution in [0.2, 0.25) is 0 Å². The molecule has 2 bridgehead atoms. The summed E-state index contributed by atoms with van der Waals surface area (Å²) in [7, 11) is 3.06. The number of nitrogens with zero attached hydrogens (tertiary/aromatic N) is 1. The first kappa shape index (κ1) is 21.8. The first-order valence-corrected chi connectivity index (χ1v) is 12.7. The highest BCUT2D eigenvalue weighted by atomic mass is 32.2. The highest BCUT2D eigenvalue weighted by molar-refractivity contribution is 7.90. The zero-order valence-electron chi connectivity index (χ0n) is 18.3. The molecule has 30 heavy (non-hydrogen) atoms. The fraction of sp³-hybridized carbons (Fsp3) is 0.696. The maximum Gasteiger partial charge on any atom is 0.255 e. The van der Waals surface area contributed by atoms with Gasteiger partial charge in [-0.3, -0.25) is 9.69 Å². The molecule has 1 heterocycles. The van der Waals surface area contributed by atoms with Crippen molar-refractivity contribution in [3.63, 3.8) is 0 Å². The SMILES string of the molecule is COc1cc(OC)c([S+](C)[O-])cc1C(=O)N[C@H]1CCN(C2C3CCCC2CCC3)C1. The van der Waals surface area contributed by atoms with Gasteiger partial charge in [0.15, 0.2) is 10.6 Å². The Morgan fingerprint density at radius 1 is 1.07 bits per heavy atom. The van der Waals surface area contributed by atoms with Gasteiger partial charge in [0.25, 0.3) is 5.91 Å². The number of hydrogen-bond donors (Lipinski definition) is 1. The molecule has 3 aliphatic rings. The molecule has 1 amide bonds. The fourth-order valence-electron chi connectivity index (χ4n) is 5.95. The van der Waals surface area contributed by atoms with Crippen LogP contribution in [-0.4, -0.2) is 61.0 Å². The second-order valence-electron chi connectivity index (χ2n) is 8.98. The van der Waals surface area contributed by atoms with E-state index in [2.05, 4.69) is 10.2 Å². The number of carbonyl (C=O) groups is 1. The van der Waals surface area contributed by atoms with Gasteiger partial charge in [-0.05, 0) is 55.1 Å². The molecule has 1 N–H and O–H groups in total. The minimum atomic E-state index is -1.26. The average molecular weight is 435 g/mol. The van der Waals surface area contributed by atoms with Gasteiger partial charge >= 0.3 is 0 Å². The summed E-state index contributed by atoms with van der Waals surface area (Å²) < 4.78 is 22.9. The number of rotatable bonds is 6. The van der Waals surface area contributed by atoms with Crippen molar-refractivity contribution in [2.75, 3.05) is 33.6 Å². The Balaban J connectivity index is 1.45. The van der Waals surface area contributed by atoms with Crippen LogP contribution < -0.4 is 14.8 Å². The van der Waals surface area contributed by atoms with Crippen LogP contribution in [0.15, 0.2) is 17.0 Å². The van der Waals surface area contributed by atoms with Gasteiger partial charge < -0.3 is 19.3 Å². The van der Waals surface area contributed by atoms with Gasteiger partial charge in [-0.1, -0.05) is 12.8 Å². The van der Waals surface area contributed by atoms with Gasteiger partial charge in [0.05, 0.1) is 19.8 Å². The molecule has 0 aromatic heterocycles. The Labute approximate surface area is 182 Å². The maximum absolute atomic E-state index is 13.1. The van der Waals surface area contributed by atoms with Crippen molar-refractivity contribution in [2.45, 2.75) is 61.9 Å². The molecule has 1 unspecified atom stereocenters. The lowest BCUT2D eigenvalue weighted by molar-refractivity contribution is 0.0346. The fourth-order valence-corrected chi connectivity index (χ4v) is 6.66. The van der Waals surface area contributed by atoms with Crippen molar-refractivity contribution in [1.29, 1.82) is 0 Å². The van der Waals surface area contributed by atoms with E-state index in [-0.39, 0.29) is 11.9 Å². The Morgan fingerprint density at radius 3 is 2.27 bits per heavy atom. The number of ether oxygens (including phenoxy) is 2. The quantitative estimate of drug-likeness (QED) is 0.696. The second kappa shape index (κ2) is 9.37. The van der Waals surface area contributed by atoms with Crippen molar-refractivity contribution < 1.29 is 18.8 Å². The molecule has 1 aliphatic heterocycles. The Morgan fingerprint density at radius 2 is 1.70 bits per heavy atom. The zero-order valence-corrected chi connectivity index (χ0v) is 19.1. The van der Waals surface area contributed by atoms with Gasteiger partial charge in [-0.25, -0.2) is 0 Å². The van der Waals surface area contributed by atoms with E-state index in [9.17, 15) is 9.35 Å². The summed E-state index contributed by atoms with van der Waals surface area (Å²) in [6.07, 6.45) is 10.8. The van der Waals surface area contributed by atoms with E-state index in [0.717, 1.165) is 31.3 Å². The molecule has 1 aromatic carbocycles. The van der Waals surface area contributed by atoms with E-state index in [1.54, 1.807) is 18.4 Å². The van der Waals surface area contributed by atoms with Gasteiger partial charge in [0.2, 0.25) is 0 Å². The van der Waals surface area contributed by atoms with Crippen molar-refractivity contribution in [3.8, 4) is 11.5 Å². The van der Waals surface area contributed by atoms with Crippen molar-refractivity contribution in [3.05, 3.63) is 17.7 Å². The molecule has 1 aromatic rings. The first-order valence-electron chi connectivity index (χ1n) is 11.2. The average Bonchev–Trinajstić information content (AvgIpc) is 3.20. The lowest BCUT2D eigenvalue weighted by atomic mass is 9.68. The number of hydrogen-bond acceptors (Lipinski definition) is 5. The van der Waals surface area contributed by atoms with Gasteiger partial charge in [-0.2, -0.15) is 0 Å². The molecule has 4 rings (SSSR count). The van der Waals surface area contributed by atoms with E-state index < -0.39 is 11.2 Å². The van der Waals surface area contributed by atoms with Crippen LogP contribution in [0.1, 0.15) is 55.3 Å². The Hall–Kier alpha value is -1.44. The van der Waals surface area contributed by atoms with E-state index in [1.165, 1.54) is 52.7 Å². The predicted molar refractivity (Wildman–Crippen MR) is 118 cm³/mol. The van der Waals surface area contributed by atoms with Crippen LogP contribution >= 0.6 is 0 Å². The van der Waals surface area contributed by atoms with Crippen molar-refractivity contribution in [1.82, 2.24) is 10.2 Å². The van der Waals surface area contributed by atoms with Crippen molar-refractivity contribution in [2.24, 2.45) is 11.8 Å². The summed E-state index contributed by atoms with van der Waals surface area (Å²) in [5.74, 6) is 2.43. The molecule has 2 atom stereocenters. The summed E-state index contributed by atoms with van der Waals surface area (Å²) in [5.41, 5.74) is 0.413. The second-order valence-corrected chi connectivity index (χ2v) is 10.3. The molecular formula is C23H34N2O4S. The van der Waals surface area contributed by atoms with E-state index in [1.807, 2.05) is 0 Å². The normalized spacial score (nSPS) is 30.0. The predicted octanol–water partition coefficient (Wildman–Crippen LogP) is 3.21. The smallest absolute Gasteiger partial charge is 0.255 e. The lowest BCUT2D eigenvalue weighted by Gasteiger charge is -2.47. The molecule has 3 fully saturated rings. The third-order valence-corrected chi connectivity index (χ3v) is 8.22. The van der Waals surface area contributed by atoms with Crippen molar-refractivity contribution >= 4 is 17.1 Å². The van der Waals surface area contributed by atoms with Crippen LogP contribution in [0.25, 0.3) is 0 Å². The van der Waals surface area contributed by atoms with Crippen LogP contribution in [0.5, 0.6) is 11.5 Å². The third-order valence-electron chi connectivity index (χ3n) is 7.28. The summed E-state index contributed by atoms with van der Waals surface area (Å²) in [6.45, 7) is 1.99. The van der Waals surface area contributed by atoms with Crippen LogP contribution in [0.4, 0.5) is 0 Å². The first-order chi connectivity index (χ1) is 14.5. The minimum Gasteiger partial charge on any atom is -0.612 e. The van der Waals surface area contributed by atoms with E-state index in [0.29, 0.717) is 28.0 Å². The highest BCUT2D eigenvalue weighted by Crippen LogP contribution is 2.43. The number of fused-ring (bicyclic) bond motifs is 2. The number of carbonyl (C=O) groups excluding carboxylic acids is 1. The van der Waals surface area contributed by atoms with Gasteiger partial charge in [0, 0.05) is 37.3 Å². The number of methoxy groups -OCH3 is 2. The molecule has 7 heteroatoms. The van der Waals surface area contributed by atoms with Crippen LogP contribution in [0, 0.1) is 11.8 Å². The Kier molecular flexibility index (Phi) is 6.80. The molecule has 0 spiro atoms. The summed E-state index contributed by atoms with van der Waals surface area (Å²) in [5, 5.41) is 3.21. The number of benzene rings is 1. The van der Waals surface area contributed by atoms with Gasteiger partial charge in [0.1, 0.15) is 12.0 Å². The van der Waals surface area contributed by atoms with E-state index in [4.69, 9.17) is 9.47 Å². The molecule has 2 aliphatic carbocycles. The lowest BCUT2D eigenvalue weighted by Crippen LogP contribution is -2.50. The molecule has 166 valence electrons. The summed E-state index contributed by atoms with van der Waals surface area (Å²) in [6, 6.07) is 4.14. The number of nitrogens with one attached hydrogen (secondary N) is 1. The van der Waals surface area contributed by atoms with Crippen LogP contribution in [0.3, 0.4) is 0 Å². The highest BCUT2D eigenvalue weighted by Gasteiger charge is 2.42. The maximum atomic E-state index is 13.1. The Bertz CT molecular complexity index is 750. The largest absolute Gasteiger partial charge is 0.612 e. The minimum absolute atomic E-state index is 0.141. The molecule has 1 saturated heterocycles. The van der Waals surface area contributed by atoms with E-state index >= 15 is 0 Å². The molecule has 6 nitrogen and oxygen atoms in total. The van der Waals surface area contributed by atoms with Crippen LogP contribution in [-0.2, 0) is 11.2 Å². The monoisotopic (exact) mass is 434 g/mol.